The zero-order chi connectivity index (χ0) is 15.0. The van der Waals surface area contributed by atoms with Gasteiger partial charge in [0.15, 0.2) is 0 Å². The second-order valence-electron chi connectivity index (χ2n) is 5.75. The van der Waals surface area contributed by atoms with Crippen LogP contribution in [-0.4, -0.2) is 27.5 Å². The molecule has 2 aromatic heterocycles. The van der Waals surface area contributed by atoms with E-state index in [1.807, 2.05) is 20.8 Å². The van der Waals surface area contributed by atoms with Gasteiger partial charge in [-0.05, 0) is 39.2 Å². The van der Waals surface area contributed by atoms with E-state index in [0.29, 0.717) is 6.04 Å². The number of anilines is 1. The lowest BCUT2D eigenvalue weighted by Gasteiger charge is -2.40. The van der Waals surface area contributed by atoms with Crippen LogP contribution < -0.4 is 4.90 Å². The summed E-state index contributed by atoms with van der Waals surface area (Å²) in [6, 6.07) is 2.68. The maximum Gasteiger partial charge on any atom is 0.142 e. The highest BCUT2D eigenvalue weighted by Crippen LogP contribution is 2.37. The van der Waals surface area contributed by atoms with E-state index in [1.54, 1.807) is 0 Å². The number of fused-ring (bicyclic) bond motifs is 2. The van der Waals surface area contributed by atoms with Gasteiger partial charge in [0.25, 0.3) is 0 Å². The maximum atomic E-state index is 4.75. The van der Waals surface area contributed by atoms with Gasteiger partial charge < -0.3 is 4.90 Å². The summed E-state index contributed by atoms with van der Waals surface area (Å²) in [5.41, 5.74) is 3.33. The smallest absolute Gasteiger partial charge is 0.142 e. The fraction of sp³-hybridized carbons (Fsp3) is 0.588. The molecule has 0 radical (unpaired) electrons. The normalized spacial score (nSPS) is 19.8. The molecular weight excluding hydrogens is 260 g/mol. The van der Waals surface area contributed by atoms with Gasteiger partial charge in [-0.2, -0.15) is 0 Å². The Morgan fingerprint density at radius 1 is 1.10 bits per heavy atom. The van der Waals surface area contributed by atoms with E-state index in [9.17, 15) is 0 Å². The molecule has 1 unspecified atom stereocenters. The monoisotopic (exact) mass is 284 g/mol. The number of hydrogen-bond donors (Lipinski definition) is 0. The fourth-order valence-corrected chi connectivity index (χ4v) is 3.53. The van der Waals surface area contributed by atoms with Crippen molar-refractivity contribution in [1.29, 1.82) is 0 Å². The highest BCUT2D eigenvalue weighted by molar-refractivity contribution is 5.93. The van der Waals surface area contributed by atoms with Crippen molar-refractivity contribution in [2.45, 2.75) is 59.4 Å². The molecule has 1 atom stereocenters. The van der Waals surface area contributed by atoms with Crippen LogP contribution >= 0.6 is 0 Å². The Morgan fingerprint density at radius 3 is 2.71 bits per heavy atom. The minimum atomic E-state index is 0.591. The van der Waals surface area contributed by atoms with Crippen molar-refractivity contribution < 1.29 is 0 Å². The predicted molar refractivity (Wildman–Crippen MR) is 86.8 cm³/mol. The zero-order valence-electron chi connectivity index (χ0n) is 13.5. The molecule has 2 aliphatic heterocycles. The highest BCUT2D eigenvalue weighted by Gasteiger charge is 2.32. The summed E-state index contributed by atoms with van der Waals surface area (Å²) in [5.74, 6) is 1.99. The Morgan fingerprint density at radius 2 is 1.90 bits per heavy atom. The fourth-order valence-electron chi connectivity index (χ4n) is 3.53. The van der Waals surface area contributed by atoms with Crippen molar-refractivity contribution in [3.8, 4) is 0 Å². The lowest BCUT2D eigenvalue weighted by molar-refractivity contribution is 0.446. The van der Waals surface area contributed by atoms with Gasteiger partial charge in [0, 0.05) is 24.7 Å². The number of hydrogen-bond acceptors (Lipinski definition) is 4. The number of piperidine rings is 1. The van der Waals surface area contributed by atoms with Gasteiger partial charge >= 0.3 is 0 Å². The van der Waals surface area contributed by atoms with E-state index < -0.39 is 0 Å². The standard InChI is InChI=1S/C15H18N4.C2H6/c1-9-7-12-14-13(16-9)8-11-5-3-4-6-19(11)15(14)18-10(2)17-12;1-2/h7,11H,3-6,8H2,1-2H3;1-2H3. The van der Waals surface area contributed by atoms with E-state index in [0.717, 1.165) is 35.8 Å². The van der Waals surface area contributed by atoms with Crippen LogP contribution in [0, 0.1) is 13.8 Å². The van der Waals surface area contributed by atoms with Gasteiger partial charge in [-0.25, -0.2) is 9.97 Å². The van der Waals surface area contributed by atoms with Crippen LogP contribution in [0.4, 0.5) is 5.82 Å². The minimum Gasteiger partial charge on any atom is -0.353 e. The quantitative estimate of drug-likeness (QED) is 0.741. The molecule has 4 heteroatoms. The average molecular weight is 284 g/mol. The van der Waals surface area contributed by atoms with E-state index in [1.165, 1.54) is 30.3 Å². The molecule has 0 saturated carbocycles. The van der Waals surface area contributed by atoms with Gasteiger partial charge in [0.1, 0.15) is 11.6 Å². The van der Waals surface area contributed by atoms with Crippen LogP contribution in [-0.2, 0) is 6.42 Å². The van der Waals surface area contributed by atoms with Gasteiger partial charge in [0.2, 0.25) is 0 Å². The van der Waals surface area contributed by atoms with Crippen LogP contribution in [0.3, 0.4) is 0 Å². The Labute approximate surface area is 126 Å². The van der Waals surface area contributed by atoms with Crippen LogP contribution in [0.2, 0.25) is 0 Å². The van der Waals surface area contributed by atoms with Gasteiger partial charge in [-0.3, -0.25) is 4.98 Å². The summed E-state index contributed by atoms with van der Waals surface area (Å²) in [6.45, 7) is 9.17. The first-order chi connectivity index (χ1) is 10.2. The molecule has 0 aromatic carbocycles. The van der Waals surface area contributed by atoms with Crippen LogP contribution in [0.25, 0.3) is 10.9 Å². The zero-order valence-corrected chi connectivity index (χ0v) is 13.5. The Bertz CT molecular complexity index is 660. The number of pyridine rings is 1. The SMILES string of the molecule is CC.Cc1cc2nc(C)nc3c2c(n1)CC1CCCCN31. The van der Waals surface area contributed by atoms with Crippen LogP contribution in [0.1, 0.15) is 50.3 Å². The first-order valence-corrected chi connectivity index (χ1v) is 8.14. The summed E-state index contributed by atoms with van der Waals surface area (Å²) in [7, 11) is 0. The molecule has 1 saturated heterocycles. The molecule has 4 heterocycles. The van der Waals surface area contributed by atoms with Crippen molar-refractivity contribution in [3.63, 3.8) is 0 Å². The first-order valence-electron chi connectivity index (χ1n) is 8.14. The van der Waals surface area contributed by atoms with E-state index in [2.05, 4.69) is 22.9 Å². The second kappa shape index (κ2) is 5.58. The molecular formula is C17H24N4. The summed E-state index contributed by atoms with van der Waals surface area (Å²) in [4.78, 5) is 16.6. The number of nitrogens with zero attached hydrogens (tertiary/aromatic N) is 4. The maximum absolute atomic E-state index is 4.75. The molecule has 2 aliphatic rings. The summed E-state index contributed by atoms with van der Waals surface area (Å²) >= 11 is 0. The van der Waals surface area contributed by atoms with Crippen molar-refractivity contribution in [2.24, 2.45) is 0 Å². The molecule has 4 rings (SSSR count). The van der Waals surface area contributed by atoms with Crippen LogP contribution in [0.15, 0.2) is 6.07 Å². The predicted octanol–water partition coefficient (Wildman–Crippen LogP) is 3.58. The van der Waals surface area contributed by atoms with Crippen molar-refractivity contribution in [2.75, 3.05) is 11.4 Å². The summed E-state index contributed by atoms with van der Waals surface area (Å²) in [6.07, 6.45) is 4.92. The van der Waals surface area contributed by atoms with Gasteiger partial charge in [-0.15, -0.1) is 0 Å². The molecule has 2 aromatic rings. The largest absolute Gasteiger partial charge is 0.353 e. The van der Waals surface area contributed by atoms with Gasteiger partial charge in [-0.1, -0.05) is 13.8 Å². The Hall–Kier alpha value is -1.71. The van der Waals surface area contributed by atoms with Crippen molar-refractivity contribution in [1.82, 2.24) is 15.0 Å². The second-order valence-corrected chi connectivity index (χ2v) is 5.75. The molecule has 0 bridgehead atoms. The number of aryl methyl sites for hydroxylation is 2. The van der Waals surface area contributed by atoms with Crippen molar-refractivity contribution >= 4 is 16.7 Å². The average Bonchev–Trinajstić information content (AvgIpc) is 2.48. The molecule has 4 nitrogen and oxygen atoms in total. The van der Waals surface area contributed by atoms with Crippen LogP contribution in [0.5, 0.6) is 0 Å². The van der Waals surface area contributed by atoms with Crippen molar-refractivity contribution in [3.05, 3.63) is 23.3 Å². The number of aromatic nitrogens is 3. The number of rotatable bonds is 0. The van der Waals surface area contributed by atoms with Gasteiger partial charge in [0.05, 0.1) is 16.6 Å². The van der Waals surface area contributed by atoms with E-state index in [4.69, 9.17) is 9.97 Å². The lowest BCUT2D eigenvalue weighted by atomic mass is 9.92. The molecule has 0 amide bonds. The topological polar surface area (TPSA) is 41.9 Å². The lowest BCUT2D eigenvalue weighted by Crippen LogP contribution is -2.44. The molecule has 21 heavy (non-hydrogen) atoms. The Balaban J connectivity index is 0.000000636. The Kier molecular flexibility index (Phi) is 3.79. The molecule has 0 spiro atoms. The minimum absolute atomic E-state index is 0.591. The molecule has 0 aliphatic carbocycles. The third-order valence-electron chi connectivity index (χ3n) is 4.30. The summed E-state index contributed by atoms with van der Waals surface area (Å²) in [5, 5.41) is 1.19. The van der Waals surface area contributed by atoms with E-state index in [-0.39, 0.29) is 0 Å². The third kappa shape index (κ3) is 2.37. The molecule has 112 valence electrons. The molecule has 0 N–H and O–H groups in total. The highest BCUT2D eigenvalue weighted by atomic mass is 15.2. The third-order valence-corrected chi connectivity index (χ3v) is 4.30. The van der Waals surface area contributed by atoms with E-state index >= 15 is 0 Å². The molecule has 1 fully saturated rings. The summed E-state index contributed by atoms with van der Waals surface area (Å²) < 4.78 is 0. The first kappa shape index (κ1) is 14.2.